The average Bonchev–Trinajstić information content (AvgIpc) is 2.90. The minimum Gasteiger partial charge on any atom is -0.368 e. The molecule has 0 N–H and O–H groups in total. The summed E-state index contributed by atoms with van der Waals surface area (Å²) >= 11 is 0. The largest absolute Gasteiger partial charge is 0.368 e. The minimum absolute atomic E-state index is 0.0453. The molecule has 0 aromatic heterocycles. The van der Waals surface area contributed by atoms with Crippen LogP contribution < -0.4 is 4.90 Å². The van der Waals surface area contributed by atoms with Crippen LogP contribution in [0.25, 0.3) is 0 Å². The van der Waals surface area contributed by atoms with Gasteiger partial charge in [0.1, 0.15) is 0 Å². The molecule has 0 aliphatic carbocycles. The number of carbonyl (C=O) groups excluding carboxylic acids is 2. The van der Waals surface area contributed by atoms with E-state index in [2.05, 4.69) is 55.1 Å². The Balaban J connectivity index is 1.33. The van der Waals surface area contributed by atoms with Crippen molar-refractivity contribution in [1.82, 2.24) is 9.80 Å². The number of benzene rings is 3. The fourth-order valence-electron chi connectivity index (χ4n) is 6.17. The molecule has 2 atom stereocenters. The summed E-state index contributed by atoms with van der Waals surface area (Å²) in [6.45, 7) is 7.93. The van der Waals surface area contributed by atoms with E-state index in [1.807, 2.05) is 40.1 Å². The summed E-state index contributed by atoms with van der Waals surface area (Å²) in [6.07, 6.45) is 0.829. The molecule has 35 heavy (non-hydrogen) atoms. The monoisotopic (exact) mass is 465 g/mol. The summed E-state index contributed by atoms with van der Waals surface area (Å²) in [5.74, 6) is -0.196. The van der Waals surface area contributed by atoms with E-state index >= 15 is 0 Å². The minimum atomic E-state index is -0.377. The van der Waals surface area contributed by atoms with E-state index in [0.717, 1.165) is 30.6 Å². The predicted octanol–water partition coefficient (Wildman–Crippen LogP) is 4.49. The van der Waals surface area contributed by atoms with E-state index in [4.69, 9.17) is 0 Å². The zero-order valence-electron chi connectivity index (χ0n) is 20.4. The topological polar surface area (TPSA) is 43.9 Å². The first-order valence-electron chi connectivity index (χ1n) is 12.6. The number of hydrogen-bond acceptors (Lipinski definition) is 3. The van der Waals surface area contributed by atoms with Crippen LogP contribution in [0.2, 0.25) is 0 Å². The molecular formula is C30H31N3O2. The van der Waals surface area contributed by atoms with Crippen molar-refractivity contribution in [2.45, 2.75) is 32.2 Å². The molecule has 0 saturated carbocycles. The first-order chi connectivity index (χ1) is 17.0. The Bertz CT molecular complexity index is 1310. The van der Waals surface area contributed by atoms with Crippen LogP contribution in [-0.4, -0.2) is 54.3 Å². The van der Waals surface area contributed by atoms with Gasteiger partial charge in [0.05, 0.1) is 12.0 Å². The molecule has 0 spiro atoms. The number of anilines is 1. The summed E-state index contributed by atoms with van der Waals surface area (Å²) < 4.78 is 0. The van der Waals surface area contributed by atoms with Gasteiger partial charge in [-0.15, -0.1) is 0 Å². The number of rotatable bonds is 2. The maximum Gasteiger partial charge on any atom is 0.254 e. The fourth-order valence-corrected chi connectivity index (χ4v) is 6.17. The van der Waals surface area contributed by atoms with Gasteiger partial charge in [-0.2, -0.15) is 0 Å². The third-order valence-corrected chi connectivity index (χ3v) is 8.00. The maximum absolute atomic E-state index is 14.2. The van der Waals surface area contributed by atoms with Crippen molar-refractivity contribution in [2.24, 2.45) is 0 Å². The molecule has 3 aliphatic heterocycles. The average molecular weight is 466 g/mol. The molecule has 3 aromatic carbocycles. The lowest BCUT2D eigenvalue weighted by Gasteiger charge is -2.47. The lowest BCUT2D eigenvalue weighted by atomic mass is 9.75. The second-order valence-corrected chi connectivity index (χ2v) is 10.1. The summed E-state index contributed by atoms with van der Waals surface area (Å²) in [5.41, 5.74) is 7.70. The van der Waals surface area contributed by atoms with Crippen LogP contribution in [0, 0.1) is 13.8 Å². The van der Waals surface area contributed by atoms with Gasteiger partial charge in [0.2, 0.25) is 5.91 Å². The molecule has 0 bridgehead atoms. The van der Waals surface area contributed by atoms with E-state index in [0.29, 0.717) is 25.2 Å². The van der Waals surface area contributed by atoms with E-state index in [1.165, 1.54) is 22.4 Å². The Morgan fingerprint density at radius 1 is 0.829 bits per heavy atom. The second kappa shape index (κ2) is 8.56. The smallest absolute Gasteiger partial charge is 0.254 e. The van der Waals surface area contributed by atoms with E-state index < -0.39 is 0 Å². The van der Waals surface area contributed by atoms with Gasteiger partial charge in [0.15, 0.2) is 0 Å². The van der Waals surface area contributed by atoms with Crippen molar-refractivity contribution >= 4 is 17.5 Å². The predicted molar refractivity (Wildman–Crippen MR) is 138 cm³/mol. The highest BCUT2D eigenvalue weighted by Crippen LogP contribution is 2.46. The van der Waals surface area contributed by atoms with Gasteiger partial charge in [-0.25, -0.2) is 0 Å². The molecule has 2 amide bonds. The molecule has 3 aliphatic rings. The van der Waals surface area contributed by atoms with Crippen LogP contribution in [0.5, 0.6) is 0 Å². The number of aryl methyl sites for hydroxylation is 2. The lowest BCUT2D eigenvalue weighted by molar-refractivity contribution is -0.135. The Hall–Kier alpha value is -3.60. The highest BCUT2D eigenvalue weighted by Gasteiger charge is 2.47. The van der Waals surface area contributed by atoms with Crippen molar-refractivity contribution < 1.29 is 9.59 Å². The highest BCUT2D eigenvalue weighted by atomic mass is 16.2. The van der Waals surface area contributed by atoms with Crippen LogP contribution in [0.3, 0.4) is 0 Å². The van der Waals surface area contributed by atoms with Gasteiger partial charge >= 0.3 is 0 Å². The molecule has 6 rings (SSSR count). The molecule has 1 fully saturated rings. The zero-order chi connectivity index (χ0) is 24.1. The summed E-state index contributed by atoms with van der Waals surface area (Å²) in [5, 5.41) is 0. The maximum atomic E-state index is 14.2. The van der Waals surface area contributed by atoms with Crippen LogP contribution in [-0.2, 0) is 11.2 Å². The van der Waals surface area contributed by atoms with Crippen LogP contribution >= 0.6 is 0 Å². The van der Waals surface area contributed by atoms with Gasteiger partial charge < -0.3 is 14.7 Å². The molecule has 1 saturated heterocycles. The SMILES string of the molecule is Cc1ccc(C)c(N2CCN(C(=O)[C@@H]3c4ccccc4C(=O)N4CCc5ccccc5[C@H]34)CC2)c1. The van der Waals surface area contributed by atoms with Crippen LogP contribution in [0.4, 0.5) is 5.69 Å². The van der Waals surface area contributed by atoms with Crippen molar-refractivity contribution in [3.8, 4) is 0 Å². The van der Waals surface area contributed by atoms with Crippen molar-refractivity contribution in [3.63, 3.8) is 0 Å². The number of hydrogen-bond donors (Lipinski definition) is 0. The van der Waals surface area contributed by atoms with E-state index in [1.54, 1.807) is 0 Å². The summed E-state index contributed by atoms with van der Waals surface area (Å²) in [7, 11) is 0. The molecule has 3 aromatic rings. The third-order valence-electron chi connectivity index (χ3n) is 8.00. The third kappa shape index (κ3) is 3.61. The van der Waals surface area contributed by atoms with Gasteiger partial charge in [-0.3, -0.25) is 9.59 Å². The number of fused-ring (bicyclic) bond motifs is 4. The standard InChI is InChI=1S/C30H31N3O2/c1-20-11-12-21(2)26(19-20)31-15-17-32(18-16-31)30(35)27-24-9-5-6-10-25(24)29(34)33-14-13-22-7-3-4-8-23(22)28(27)33/h3-12,19,27-28H,13-18H2,1-2H3/t27-,28-/m1/s1. The highest BCUT2D eigenvalue weighted by molar-refractivity contribution is 6.01. The van der Waals surface area contributed by atoms with Crippen molar-refractivity contribution in [2.75, 3.05) is 37.6 Å². The van der Waals surface area contributed by atoms with Crippen molar-refractivity contribution in [1.29, 1.82) is 0 Å². The Labute approximate surface area is 207 Å². The molecule has 0 unspecified atom stereocenters. The number of piperazine rings is 1. The molecule has 5 heteroatoms. The molecule has 0 radical (unpaired) electrons. The normalized spacial score (nSPS) is 21.3. The zero-order valence-corrected chi connectivity index (χ0v) is 20.4. The first-order valence-corrected chi connectivity index (χ1v) is 12.6. The Morgan fingerprint density at radius 2 is 1.54 bits per heavy atom. The summed E-state index contributed by atoms with van der Waals surface area (Å²) in [6, 6.07) is 22.4. The van der Waals surface area contributed by atoms with E-state index in [9.17, 15) is 9.59 Å². The number of carbonyl (C=O) groups is 2. The van der Waals surface area contributed by atoms with Crippen LogP contribution in [0.15, 0.2) is 66.7 Å². The quantitative estimate of drug-likeness (QED) is 0.560. The van der Waals surface area contributed by atoms with Crippen LogP contribution in [0.1, 0.15) is 50.1 Å². The first kappa shape index (κ1) is 21.9. The summed E-state index contributed by atoms with van der Waals surface area (Å²) in [4.78, 5) is 34.0. The molecule has 5 nitrogen and oxygen atoms in total. The number of amides is 2. The molecular weight excluding hydrogens is 434 g/mol. The second-order valence-electron chi connectivity index (χ2n) is 10.1. The van der Waals surface area contributed by atoms with Crippen molar-refractivity contribution in [3.05, 3.63) is 100 Å². The Morgan fingerprint density at radius 3 is 2.34 bits per heavy atom. The molecule has 3 heterocycles. The van der Waals surface area contributed by atoms with Gasteiger partial charge in [-0.1, -0.05) is 54.6 Å². The van der Waals surface area contributed by atoms with Gasteiger partial charge in [0.25, 0.3) is 5.91 Å². The van der Waals surface area contributed by atoms with Gasteiger partial charge in [0, 0.05) is 44.0 Å². The fraction of sp³-hybridized carbons (Fsp3) is 0.333. The lowest BCUT2D eigenvalue weighted by Crippen LogP contribution is -2.54. The number of nitrogens with zero attached hydrogens (tertiary/aromatic N) is 3. The van der Waals surface area contributed by atoms with E-state index in [-0.39, 0.29) is 23.8 Å². The van der Waals surface area contributed by atoms with Gasteiger partial charge in [-0.05, 0) is 60.2 Å². The Kier molecular flexibility index (Phi) is 5.36. The molecule has 178 valence electrons.